The van der Waals surface area contributed by atoms with Gasteiger partial charge in [0.1, 0.15) is 5.82 Å². The minimum atomic E-state index is -0.468. The lowest BCUT2D eigenvalue weighted by molar-refractivity contribution is 0.254. The number of carbonyl (C=O) groups excluding carboxylic acids is 1. The fourth-order valence-electron chi connectivity index (χ4n) is 1.38. The average Bonchev–Trinajstić information content (AvgIpc) is 2.38. The third-order valence-electron chi connectivity index (χ3n) is 2.18. The predicted octanol–water partition coefficient (Wildman–Crippen LogP) is 2.97. The van der Waals surface area contributed by atoms with E-state index in [1.54, 1.807) is 6.07 Å². The van der Waals surface area contributed by atoms with E-state index in [4.69, 9.17) is 0 Å². The largest absolute Gasteiger partial charge is 0.337 e. The Kier molecular flexibility index (Phi) is 3.76. The van der Waals surface area contributed by atoms with Crippen molar-refractivity contribution in [1.82, 2.24) is 5.43 Å². The summed E-state index contributed by atoms with van der Waals surface area (Å²) in [5, 5.41) is 2.50. The molecule has 2 rings (SSSR count). The number of para-hydroxylation sites is 1. The van der Waals surface area contributed by atoms with Gasteiger partial charge in [0, 0.05) is 5.69 Å². The van der Waals surface area contributed by atoms with E-state index >= 15 is 0 Å². The van der Waals surface area contributed by atoms with Gasteiger partial charge in [0.05, 0.1) is 5.69 Å². The second kappa shape index (κ2) is 5.67. The quantitative estimate of drug-likeness (QED) is 0.728. The Balaban J connectivity index is 1.86. The molecule has 5 heteroatoms. The third kappa shape index (κ3) is 3.48. The molecule has 0 aliphatic rings. The van der Waals surface area contributed by atoms with Crippen LogP contribution in [0.15, 0.2) is 54.6 Å². The smallest absolute Gasteiger partial charge is 0.306 e. The van der Waals surface area contributed by atoms with Crippen molar-refractivity contribution in [2.24, 2.45) is 0 Å². The maximum Gasteiger partial charge on any atom is 0.337 e. The molecule has 0 spiro atoms. The van der Waals surface area contributed by atoms with E-state index in [1.165, 1.54) is 18.2 Å². The van der Waals surface area contributed by atoms with Crippen LogP contribution < -0.4 is 16.2 Å². The Labute approximate surface area is 104 Å². The van der Waals surface area contributed by atoms with Crippen molar-refractivity contribution in [3.05, 3.63) is 60.4 Å². The van der Waals surface area contributed by atoms with Crippen LogP contribution in [0.1, 0.15) is 0 Å². The molecule has 0 atom stereocenters. The Bertz CT molecular complexity index is 531. The summed E-state index contributed by atoms with van der Waals surface area (Å²) < 4.78 is 12.9. The monoisotopic (exact) mass is 245 g/mol. The maximum atomic E-state index is 12.9. The van der Waals surface area contributed by atoms with Crippen LogP contribution in [-0.4, -0.2) is 6.03 Å². The first-order valence-electron chi connectivity index (χ1n) is 5.38. The molecular weight excluding hydrogens is 233 g/mol. The first kappa shape index (κ1) is 11.9. The lowest BCUT2D eigenvalue weighted by Gasteiger charge is -2.09. The first-order chi connectivity index (χ1) is 8.74. The summed E-state index contributed by atoms with van der Waals surface area (Å²) in [7, 11) is 0. The molecule has 0 aliphatic heterocycles. The van der Waals surface area contributed by atoms with Crippen LogP contribution in [0.3, 0.4) is 0 Å². The van der Waals surface area contributed by atoms with E-state index in [9.17, 15) is 9.18 Å². The van der Waals surface area contributed by atoms with Crippen LogP contribution in [0.4, 0.5) is 20.6 Å². The van der Waals surface area contributed by atoms with E-state index in [1.807, 2.05) is 30.3 Å². The molecule has 2 aromatic carbocycles. The number of urea groups is 1. The highest BCUT2D eigenvalue weighted by atomic mass is 19.1. The second-order valence-electron chi connectivity index (χ2n) is 3.58. The van der Waals surface area contributed by atoms with Gasteiger partial charge in [-0.3, -0.25) is 10.9 Å². The number of benzene rings is 2. The van der Waals surface area contributed by atoms with Crippen LogP contribution in [0.2, 0.25) is 0 Å². The van der Waals surface area contributed by atoms with Crippen molar-refractivity contribution >= 4 is 17.4 Å². The van der Waals surface area contributed by atoms with Crippen molar-refractivity contribution in [3.63, 3.8) is 0 Å². The SMILES string of the molecule is O=C(NNc1ccccc1)Nc1cccc(F)c1. The van der Waals surface area contributed by atoms with Crippen molar-refractivity contribution < 1.29 is 9.18 Å². The standard InChI is InChI=1S/C13H12FN3O/c14-10-5-4-8-12(9-10)15-13(18)17-16-11-6-2-1-3-7-11/h1-9,16H,(H2,15,17,18). The molecule has 0 heterocycles. The topological polar surface area (TPSA) is 53.2 Å². The highest BCUT2D eigenvalue weighted by molar-refractivity contribution is 5.89. The molecule has 0 aliphatic carbocycles. The molecule has 3 N–H and O–H groups in total. The van der Waals surface area contributed by atoms with Crippen molar-refractivity contribution in [3.8, 4) is 0 Å². The van der Waals surface area contributed by atoms with Gasteiger partial charge in [0.2, 0.25) is 0 Å². The van der Waals surface area contributed by atoms with Crippen LogP contribution in [-0.2, 0) is 0 Å². The highest BCUT2D eigenvalue weighted by Crippen LogP contribution is 2.08. The van der Waals surface area contributed by atoms with Gasteiger partial charge >= 0.3 is 6.03 Å². The predicted molar refractivity (Wildman–Crippen MR) is 68.6 cm³/mol. The molecule has 0 bridgehead atoms. The number of anilines is 2. The van der Waals surface area contributed by atoms with Gasteiger partial charge in [-0.25, -0.2) is 9.18 Å². The van der Waals surface area contributed by atoms with Crippen LogP contribution >= 0.6 is 0 Å². The van der Waals surface area contributed by atoms with Gasteiger partial charge in [0.25, 0.3) is 0 Å². The Morgan fingerprint density at radius 1 is 0.944 bits per heavy atom. The summed E-state index contributed by atoms with van der Waals surface area (Å²) in [6.45, 7) is 0. The van der Waals surface area contributed by atoms with E-state index in [0.29, 0.717) is 5.69 Å². The Morgan fingerprint density at radius 3 is 2.39 bits per heavy atom. The zero-order valence-electron chi connectivity index (χ0n) is 9.48. The van der Waals surface area contributed by atoms with Gasteiger partial charge in [0.15, 0.2) is 0 Å². The zero-order chi connectivity index (χ0) is 12.8. The molecule has 0 saturated heterocycles. The summed E-state index contributed by atoms with van der Waals surface area (Å²) in [6, 6.07) is 14.4. The molecule has 0 fully saturated rings. The van der Waals surface area contributed by atoms with Gasteiger partial charge in [-0.2, -0.15) is 0 Å². The van der Waals surface area contributed by atoms with E-state index < -0.39 is 11.8 Å². The molecule has 2 aromatic rings. The van der Waals surface area contributed by atoms with Crippen LogP contribution in [0, 0.1) is 5.82 Å². The number of hydrogen-bond acceptors (Lipinski definition) is 2. The summed E-state index contributed by atoms with van der Waals surface area (Å²) in [6.07, 6.45) is 0. The average molecular weight is 245 g/mol. The number of hydrazine groups is 1. The molecule has 18 heavy (non-hydrogen) atoms. The second-order valence-corrected chi connectivity index (χ2v) is 3.58. The number of hydrogen-bond donors (Lipinski definition) is 3. The van der Waals surface area contributed by atoms with Crippen molar-refractivity contribution in [2.75, 3.05) is 10.7 Å². The van der Waals surface area contributed by atoms with Crippen molar-refractivity contribution in [1.29, 1.82) is 0 Å². The molecule has 0 radical (unpaired) electrons. The number of nitrogens with one attached hydrogen (secondary N) is 3. The number of halogens is 1. The number of carbonyl (C=O) groups is 1. The van der Waals surface area contributed by atoms with Crippen LogP contribution in [0.5, 0.6) is 0 Å². The first-order valence-corrected chi connectivity index (χ1v) is 5.38. The molecular formula is C13H12FN3O. The van der Waals surface area contributed by atoms with Gasteiger partial charge in [-0.1, -0.05) is 24.3 Å². The van der Waals surface area contributed by atoms with E-state index in [0.717, 1.165) is 5.69 Å². The lowest BCUT2D eigenvalue weighted by atomic mass is 10.3. The summed E-state index contributed by atoms with van der Waals surface area (Å²) >= 11 is 0. The summed E-state index contributed by atoms with van der Waals surface area (Å²) in [5.74, 6) is -0.399. The highest BCUT2D eigenvalue weighted by Gasteiger charge is 2.01. The molecule has 92 valence electrons. The van der Waals surface area contributed by atoms with Gasteiger partial charge in [-0.05, 0) is 30.3 Å². The van der Waals surface area contributed by atoms with Gasteiger partial charge < -0.3 is 5.32 Å². The summed E-state index contributed by atoms with van der Waals surface area (Å²) in [5.41, 5.74) is 6.32. The maximum absolute atomic E-state index is 12.9. The minimum absolute atomic E-state index is 0.391. The fourth-order valence-corrected chi connectivity index (χ4v) is 1.38. The lowest BCUT2D eigenvalue weighted by Crippen LogP contribution is -2.33. The molecule has 0 aromatic heterocycles. The molecule has 2 amide bonds. The van der Waals surface area contributed by atoms with E-state index in [-0.39, 0.29) is 0 Å². The van der Waals surface area contributed by atoms with Crippen LogP contribution in [0.25, 0.3) is 0 Å². The fraction of sp³-hybridized carbons (Fsp3) is 0. The molecule has 0 unspecified atom stereocenters. The van der Waals surface area contributed by atoms with Gasteiger partial charge in [-0.15, -0.1) is 0 Å². The Morgan fingerprint density at radius 2 is 1.67 bits per heavy atom. The molecule has 0 saturated carbocycles. The number of rotatable bonds is 3. The zero-order valence-corrected chi connectivity index (χ0v) is 9.48. The van der Waals surface area contributed by atoms with E-state index in [2.05, 4.69) is 16.2 Å². The number of amides is 2. The molecule has 4 nitrogen and oxygen atoms in total. The minimum Gasteiger partial charge on any atom is -0.306 e. The summed E-state index contributed by atoms with van der Waals surface area (Å²) in [4.78, 5) is 11.5. The normalized spacial score (nSPS) is 9.61. The Hall–Kier alpha value is -2.56. The third-order valence-corrected chi connectivity index (χ3v) is 2.18. The van der Waals surface area contributed by atoms with Crippen molar-refractivity contribution in [2.45, 2.75) is 0 Å².